The van der Waals surface area contributed by atoms with Gasteiger partial charge in [-0.25, -0.2) is 9.38 Å². The zero-order valence-electron chi connectivity index (χ0n) is 18.1. The highest BCUT2D eigenvalue weighted by Gasteiger charge is 2.30. The van der Waals surface area contributed by atoms with E-state index >= 15 is 0 Å². The third kappa shape index (κ3) is 7.12. The first-order valence-electron chi connectivity index (χ1n) is 10.6. The topological polar surface area (TPSA) is 66.4 Å². The first-order valence-corrected chi connectivity index (χ1v) is 10.6. The van der Waals surface area contributed by atoms with Gasteiger partial charge in [-0.15, -0.1) is 24.0 Å². The Hall–Kier alpha value is -1.76. The average molecular weight is 570 g/mol. The number of ether oxygens (including phenoxy) is 2. The number of amides is 1. The second-order valence-electron chi connectivity index (χ2n) is 7.46. The van der Waals surface area contributed by atoms with Gasteiger partial charge in [0.25, 0.3) is 0 Å². The SMILES string of the molecule is CCNC(=NCc1c(F)cccc1OC(F)F)N1CCC(C(=O)N2CCOCC2)CC1.I. The molecule has 0 bridgehead atoms. The fraction of sp³-hybridized carbons (Fsp3) is 0.619. The van der Waals surface area contributed by atoms with Gasteiger partial charge in [0.1, 0.15) is 11.6 Å². The van der Waals surface area contributed by atoms with Crippen molar-refractivity contribution in [3.8, 4) is 5.75 Å². The van der Waals surface area contributed by atoms with Crippen molar-refractivity contribution in [2.45, 2.75) is 32.9 Å². The van der Waals surface area contributed by atoms with E-state index in [1.165, 1.54) is 18.2 Å². The van der Waals surface area contributed by atoms with Crippen LogP contribution in [0.4, 0.5) is 13.2 Å². The molecule has 1 aromatic rings. The number of hydrogen-bond donors (Lipinski definition) is 1. The van der Waals surface area contributed by atoms with E-state index in [1.54, 1.807) is 0 Å². The van der Waals surface area contributed by atoms with E-state index < -0.39 is 12.4 Å². The number of carbonyl (C=O) groups is 1. The van der Waals surface area contributed by atoms with E-state index in [4.69, 9.17) is 4.74 Å². The number of morpholine rings is 1. The van der Waals surface area contributed by atoms with Crippen LogP contribution in [0.15, 0.2) is 23.2 Å². The Bertz CT molecular complexity index is 771. The van der Waals surface area contributed by atoms with Crippen molar-refractivity contribution in [2.75, 3.05) is 45.9 Å². The van der Waals surface area contributed by atoms with Gasteiger partial charge >= 0.3 is 6.61 Å². The third-order valence-electron chi connectivity index (χ3n) is 5.48. The molecular formula is C21H30F3IN4O3. The van der Waals surface area contributed by atoms with Crippen molar-refractivity contribution in [1.82, 2.24) is 15.1 Å². The molecule has 2 fully saturated rings. The van der Waals surface area contributed by atoms with E-state index in [2.05, 4.69) is 15.0 Å². The number of aliphatic imine (C=N–C) groups is 1. The standard InChI is InChI=1S/C21H29F3N4O3.HI/c1-2-25-21(26-14-16-17(22)4-3-5-18(16)31-20(23)24)28-8-6-15(7-9-28)19(29)27-10-12-30-13-11-27;/h3-5,15,20H,2,6-14H2,1H3,(H,25,26);1H. The number of likely N-dealkylation sites (tertiary alicyclic amines) is 1. The van der Waals surface area contributed by atoms with Crippen molar-refractivity contribution < 1.29 is 27.4 Å². The fourth-order valence-corrected chi connectivity index (χ4v) is 3.86. The minimum Gasteiger partial charge on any atom is -0.434 e. The number of hydrogen-bond acceptors (Lipinski definition) is 4. The van der Waals surface area contributed by atoms with Crippen LogP contribution in [0.5, 0.6) is 5.75 Å². The lowest BCUT2D eigenvalue weighted by Gasteiger charge is -2.36. The fourth-order valence-electron chi connectivity index (χ4n) is 3.86. The molecule has 2 aliphatic heterocycles. The number of nitrogens with zero attached hydrogens (tertiary/aromatic N) is 3. The van der Waals surface area contributed by atoms with Gasteiger partial charge in [0.05, 0.1) is 25.3 Å². The summed E-state index contributed by atoms with van der Waals surface area (Å²) in [5.74, 6) is -0.164. The average Bonchev–Trinajstić information content (AvgIpc) is 2.78. The summed E-state index contributed by atoms with van der Waals surface area (Å²) in [6.07, 6.45) is 1.39. The number of alkyl halides is 2. The first-order chi connectivity index (χ1) is 15.0. The highest BCUT2D eigenvalue weighted by molar-refractivity contribution is 14.0. The summed E-state index contributed by atoms with van der Waals surface area (Å²) < 4.78 is 49.2. The largest absolute Gasteiger partial charge is 0.434 e. The predicted molar refractivity (Wildman–Crippen MR) is 125 cm³/mol. The number of rotatable bonds is 6. The maximum absolute atomic E-state index is 14.2. The van der Waals surface area contributed by atoms with Crippen LogP contribution >= 0.6 is 24.0 Å². The van der Waals surface area contributed by atoms with Gasteiger partial charge in [-0.2, -0.15) is 8.78 Å². The van der Waals surface area contributed by atoms with Gasteiger partial charge in [-0.1, -0.05) is 6.07 Å². The van der Waals surface area contributed by atoms with Gasteiger partial charge in [0.2, 0.25) is 5.91 Å². The van der Waals surface area contributed by atoms with Crippen molar-refractivity contribution in [3.63, 3.8) is 0 Å². The zero-order chi connectivity index (χ0) is 22.2. The smallest absolute Gasteiger partial charge is 0.387 e. The molecule has 2 aliphatic rings. The molecule has 2 heterocycles. The molecule has 3 rings (SSSR count). The summed E-state index contributed by atoms with van der Waals surface area (Å²) in [6.45, 7) is 3.02. The summed E-state index contributed by atoms with van der Waals surface area (Å²) >= 11 is 0. The molecule has 32 heavy (non-hydrogen) atoms. The normalized spacial score (nSPS) is 17.8. The Balaban J connectivity index is 0.00000363. The number of piperidine rings is 1. The van der Waals surface area contributed by atoms with Crippen LogP contribution in [0.2, 0.25) is 0 Å². The molecule has 7 nitrogen and oxygen atoms in total. The van der Waals surface area contributed by atoms with Crippen LogP contribution in [-0.2, 0) is 16.1 Å². The molecule has 0 radical (unpaired) electrons. The first kappa shape index (κ1) is 26.5. The van der Waals surface area contributed by atoms with Gasteiger partial charge in [-0.3, -0.25) is 4.79 Å². The molecule has 2 saturated heterocycles. The number of carbonyl (C=O) groups excluding carboxylic acids is 1. The molecule has 1 aromatic carbocycles. The van der Waals surface area contributed by atoms with Gasteiger partial charge in [-0.05, 0) is 31.9 Å². The van der Waals surface area contributed by atoms with Crippen LogP contribution in [0, 0.1) is 11.7 Å². The molecule has 180 valence electrons. The molecule has 0 atom stereocenters. The monoisotopic (exact) mass is 570 g/mol. The maximum Gasteiger partial charge on any atom is 0.387 e. The summed E-state index contributed by atoms with van der Waals surface area (Å²) in [6, 6.07) is 3.82. The van der Waals surface area contributed by atoms with Crippen LogP contribution in [0.25, 0.3) is 0 Å². The maximum atomic E-state index is 14.2. The van der Waals surface area contributed by atoms with Crippen molar-refractivity contribution >= 4 is 35.8 Å². The number of guanidine groups is 1. The number of nitrogens with one attached hydrogen (secondary N) is 1. The Morgan fingerprint density at radius 1 is 1.22 bits per heavy atom. The third-order valence-corrected chi connectivity index (χ3v) is 5.48. The van der Waals surface area contributed by atoms with Gasteiger partial charge < -0.3 is 24.6 Å². The van der Waals surface area contributed by atoms with Crippen LogP contribution < -0.4 is 10.1 Å². The molecule has 11 heteroatoms. The summed E-state index contributed by atoms with van der Waals surface area (Å²) in [7, 11) is 0. The van der Waals surface area contributed by atoms with Gasteiger partial charge in [0, 0.05) is 38.6 Å². The Morgan fingerprint density at radius 2 is 1.91 bits per heavy atom. The second kappa shape index (κ2) is 13.1. The van der Waals surface area contributed by atoms with E-state index in [9.17, 15) is 18.0 Å². The van der Waals surface area contributed by atoms with E-state index in [1.807, 2.05) is 16.7 Å². The van der Waals surface area contributed by atoms with Crippen LogP contribution in [-0.4, -0.2) is 74.2 Å². The highest BCUT2D eigenvalue weighted by atomic mass is 127. The second-order valence-corrected chi connectivity index (χ2v) is 7.46. The minimum atomic E-state index is -3.04. The zero-order valence-corrected chi connectivity index (χ0v) is 20.4. The van der Waals surface area contributed by atoms with Crippen molar-refractivity contribution in [2.24, 2.45) is 10.9 Å². The van der Waals surface area contributed by atoms with Crippen molar-refractivity contribution in [1.29, 1.82) is 0 Å². The molecule has 1 N–H and O–H groups in total. The predicted octanol–water partition coefficient (Wildman–Crippen LogP) is 3.08. The highest BCUT2D eigenvalue weighted by Crippen LogP contribution is 2.25. The Labute approximate surface area is 203 Å². The molecule has 0 spiro atoms. The molecular weight excluding hydrogens is 540 g/mol. The lowest BCUT2D eigenvalue weighted by atomic mass is 9.95. The quantitative estimate of drug-likeness (QED) is 0.324. The Kier molecular flexibility index (Phi) is 10.8. The molecule has 0 saturated carbocycles. The lowest BCUT2D eigenvalue weighted by Crippen LogP contribution is -2.50. The number of halogens is 4. The summed E-state index contributed by atoms with van der Waals surface area (Å²) in [4.78, 5) is 21.1. The van der Waals surface area contributed by atoms with Crippen LogP contribution in [0.3, 0.4) is 0 Å². The van der Waals surface area contributed by atoms with E-state index in [0.717, 1.165) is 0 Å². The summed E-state index contributed by atoms with van der Waals surface area (Å²) in [5, 5.41) is 3.16. The van der Waals surface area contributed by atoms with Crippen LogP contribution in [0.1, 0.15) is 25.3 Å². The van der Waals surface area contributed by atoms with Crippen molar-refractivity contribution in [3.05, 3.63) is 29.6 Å². The summed E-state index contributed by atoms with van der Waals surface area (Å²) in [5.41, 5.74) is -0.0180. The van der Waals surface area contributed by atoms with Gasteiger partial charge in [0.15, 0.2) is 5.96 Å². The molecule has 0 aliphatic carbocycles. The van der Waals surface area contributed by atoms with E-state index in [0.29, 0.717) is 64.7 Å². The number of benzene rings is 1. The molecule has 0 aromatic heterocycles. The molecule has 1 amide bonds. The van der Waals surface area contributed by atoms with E-state index in [-0.39, 0.29) is 53.7 Å². The molecule has 0 unspecified atom stereocenters. The minimum absolute atomic E-state index is 0. The lowest BCUT2D eigenvalue weighted by molar-refractivity contribution is -0.140. The Morgan fingerprint density at radius 3 is 2.53 bits per heavy atom.